The summed E-state index contributed by atoms with van der Waals surface area (Å²) >= 11 is 4.88. The van der Waals surface area contributed by atoms with Crippen LogP contribution in [0.5, 0.6) is 0 Å². The van der Waals surface area contributed by atoms with Crippen LogP contribution in [0.4, 0.5) is 0 Å². The number of nitrogens with zero attached hydrogens (tertiary/aromatic N) is 3. The largest absolute Gasteiger partial charge is 0.468 e. The summed E-state index contributed by atoms with van der Waals surface area (Å²) in [5, 5.41) is 4.17. The van der Waals surface area contributed by atoms with Crippen molar-refractivity contribution in [3.63, 3.8) is 0 Å². The standard InChI is InChI=1S/C17H24BrN5O4S/c1-26-16(25)10-3-2-4-23(21-10)15(24)12(19)13(14-20-11(18)5-28-14)22-6-17(7-22)8-27-9-17/h5,10,12-13,21H,2-4,6-9,19H2,1H3/t10-,12-,13-/m0/s1. The first-order valence-corrected chi connectivity index (χ1v) is 10.9. The van der Waals surface area contributed by atoms with Crippen molar-refractivity contribution in [2.24, 2.45) is 11.1 Å². The molecular formula is C17H24BrN5O4S. The lowest BCUT2D eigenvalue weighted by Gasteiger charge is -2.57. The lowest BCUT2D eigenvalue weighted by Crippen LogP contribution is -2.69. The number of carbonyl (C=O) groups is 2. The van der Waals surface area contributed by atoms with Crippen LogP contribution in [-0.2, 0) is 19.1 Å². The fraction of sp³-hybridized carbons (Fsp3) is 0.706. The average molecular weight is 474 g/mol. The summed E-state index contributed by atoms with van der Waals surface area (Å²) < 4.78 is 10.9. The second kappa shape index (κ2) is 7.96. The molecule has 11 heteroatoms. The topological polar surface area (TPSA) is 110 Å². The van der Waals surface area contributed by atoms with Crippen LogP contribution in [0.15, 0.2) is 9.98 Å². The molecule has 0 saturated carbocycles. The molecule has 28 heavy (non-hydrogen) atoms. The van der Waals surface area contributed by atoms with E-state index in [2.05, 4.69) is 31.2 Å². The molecule has 3 N–H and O–H groups in total. The highest BCUT2D eigenvalue weighted by atomic mass is 79.9. The molecule has 0 bridgehead atoms. The smallest absolute Gasteiger partial charge is 0.324 e. The predicted molar refractivity (Wildman–Crippen MR) is 105 cm³/mol. The van der Waals surface area contributed by atoms with E-state index in [0.717, 1.165) is 35.9 Å². The number of carbonyl (C=O) groups excluding carboxylic acids is 2. The van der Waals surface area contributed by atoms with Gasteiger partial charge in [-0.3, -0.25) is 19.5 Å². The molecule has 4 rings (SSSR count). The minimum absolute atomic E-state index is 0.203. The van der Waals surface area contributed by atoms with Crippen molar-refractivity contribution in [2.75, 3.05) is 40.0 Å². The fourth-order valence-corrected chi connectivity index (χ4v) is 5.54. The number of nitrogens with two attached hydrogens (primary N) is 1. The molecule has 4 heterocycles. The molecule has 0 radical (unpaired) electrons. The third-order valence-corrected chi connectivity index (χ3v) is 7.22. The van der Waals surface area contributed by atoms with Gasteiger partial charge in [0, 0.05) is 30.4 Å². The van der Waals surface area contributed by atoms with Gasteiger partial charge < -0.3 is 15.2 Å². The van der Waals surface area contributed by atoms with E-state index in [9.17, 15) is 9.59 Å². The van der Waals surface area contributed by atoms with E-state index in [4.69, 9.17) is 15.2 Å². The number of rotatable bonds is 5. The van der Waals surface area contributed by atoms with Gasteiger partial charge in [0.1, 0.15) is 21.7 Å². The summed E-state index contributed by atoms with van der Waals surface area (Å²) in [5.74, 6) is -0.614. The van der Waals surface area contributed by atoms with Gasteiger partial charge in [0.15, 0.2) is 0 Å². The van der Waals surface area contributed by atoms with Gasteiger partial charge in [0.2, 0.25) is 0 Å². The number of hydrogen-bond donors (Lipinski definition) is 2. The lowest BCUT2D eigenvalue weighted by molar-refractivity contribution is -0.201. The Labute approximate surface area is 175 Å². The maximum atomic E-state index is 13.2. The summed E-state index contributed by atoms with van der Waals surface area (Å²) in [4.78, 5) is 31.7. The minimum atomic E-state index is -0.791. The molecule has 3 aliphatic heterocycles. The number of hydrazine groups is 1. The minimum Gasteiger partial charge on any atom is -0.468 e. The quantitative estimate of drug-likeness (QED) is 0.586. The van der Waals surface area contributed by atoms with Crippen LogP contribution in [0.2, 0.25) is 0 Å². The third kappa shape index (κ3) is 3.71. The van der Waals surface area contributed by atoms with Crippen molar-refractivity contribution in [3.8, 4) is 0 Å². The molecule has 0 aliphatic carbocycles. The Morgan fingerprint density at radius 1 is 1.50 bits per heavy atom. The lowest BCUT2D eigenvalue weighted by atomic mass is 9.76. The summed E-state index contributed by atoms with van der Waals surface area (Å²) in [6.45, 7) is 3.71. The van der Waals surface area contributed by atoms with Crippen molar-refractivity contribution in [1.29, 1.82) is 0 Å². The zero-order valence-electron chi connectivity index (χ0n) is 15.6. The highest BCUT2D eigenvalue weighted by molar-refractivity contribution is 9.10. The van der Waals surface area contributed by atoms with Gasteiger partial charge in [-0.15, -0.1) is 11.3 Å². The number of esters is 1. The monoisotopic (exact) mass is 473 g/mol. The molecule has 3 saturated heterocycles. The number of hydrogen-bond acceptors (Lipinski definition) is 9. The number of halogens is 1. The van der Waals surface area contributed by atoms with E-state index in [-0.39, 0.29) is 23.3 Å². The number of likely N-dealkylation sites (tertiary alicyclic amines) is 1. The zero-order chi connectivity index (χ0) is 19.9. The predicted octanol–water partition coefficient (Wildman–Crippen LogP) is 0.275. The first-order chi connectivity index (χ1) is 13.4. The fourth-order valence-electron chi connectivity index (χ4n) is 4.10. The van der Waals surface area contributed by atoms with E-state index in [0.29, 0.717) is 19.4 Å². The van der Waals surface area contributed by atoms with Crippen LogP contribution >= 0.6 is 27.3 Å². The number of methoxy groups -OCH3 is 1. The zero-order valence-corrected chi connectivity index (χ0v) is 18.0. The second-order valence-corrected chi connectivity index (χ2v) is 9.42. The van der Waals surface area contributed by atoms with Crippen molar-refractivity contribution in [3.05, 3.63) is 15.0 Å². The normalized spacial score (nSPS) is 26.2. The molecule has 1 spiro atoms. The average Bonchev–Trinajstić information content (AvgIpc) is 3.06. The first kappa shape index (κ1) is 20.2. The summed E-state index contributed by atoms with van der Waals surface area (Å²) in [6.07, 6.45) is 1.34. The Hall–Kier alpha value is -1.11. The van der Waals surface area contributed by atoms with Crippen molar-refractivity contribution >= 4 is 39.1 Å². The number of ether oxygens (including phenoxy) is 2. The molecular weight excluding hydrogens is 450 g/mol. The molecule has 0 unspecified atom stereocenters. The molecule has 3 fully saturated rings. The number of nitrogens with one attached hydrogen (secondary N) is 1. The molecule has 1 aromatic heterocycles. The van der Waals surface area contributed by atoms with Gasteiger partial charge in [-0.05, 0) is 28.8 Å². The Morgan fingerprint density at radius 3 is 2.82 bits per heavy atom. The Bertz CT molecular complexity index is 750. The molecule has 0 aromatic carbocycles. The SMILES string of the molecule is COC(=O)[C@@H]1CCCN(C(=O)[C@@H](N)[C@@H](c2nc(Br)cs2)N2CC3(COC3)C2)N1. The molecule has 3 aliphatic rings. The van der Waals surface area contributed by atoms with Crippen LogP contribution in [0.1, 0.15) is 23.9 Å². The number of amides is 1. The van der Waals surface area contributed by atoms with Crippen LogP contribution in [0.25, 0.3) is 0 Å². The summed E-state index contributed by atoms with van der Waals surface area (Å²) in [6, 6.07) is -1.63. The van der Waals surface area contributed by atoms with Crippen LogP contribution in [-0.4, -0.2) is 78.8 Å². The van der Waals surface area contributed by atoms with E-state index < -0.39 is 12.1 Å². The van der Waals surface area contributed by atoms with Gasteiger partial charge in [-0.1, -0.05) is 0 Å². The number of thiazole rings is 1. The van der Waals surface area contributed by atoms with Gasteiger partial charge in [-0.2, -0.15) is 0 Å². The highest BCUT2D eigenvalue weighted by Crippen LogP contribution is 2.43. The van der Waals surface area contributed by atoms with E-state index in [1.807, 2.05) is 5.38 Å². The van der Waals surface area contributed by atoms with Crippen molar-refractivity contribution in [1.82, 2.24) is 20.3 Å². The molecule has 9 nitrogen and oxygen atoms in total. The number of aromatic nitrogens is 1. The molecule has 3 atom stereocenters. The Morgan fingerprint density at radius 2 is 2.25 bits per heavy atom. The van der Waals surface area contributed by atoms with Crippen molar-refractivity contribution in [2.45, 2.75) is 31.0 Å². The molecule has 1 amide bonds. The first-order valence-electron chi connectivity index (χ1n) is 9.26. The molecule has 1 aromatic rings. The van der Waals surface area contributed by atoms with Gasteiger partial charge >= 0.3 is 5.97 Å². The Kier molecular flexibility index (Phi) is 5.73. The van der Waals surface area contributed by atoms with Crippen molar-refractivity contribution < 1.29 is 19.1 Å². The van der Waals surface area contributed by atoms with E-state index in [1.54, 1.807) is 0 Å². The van der Waals surface area contributed by atoms with E-state index >= 15 is 0 Å². The maximum absolute atomic E-state index is 13.2. The summed E-state index contributed by atoms with van der Waals surface area (Å²) in [7, 11) is 1.34. The van der Waals surface area contributed by atoms with Gasteiger partial charge in [0.05, 0.1) is 26.4 Å². The van der Waals surface area contributed by atoms with Gasteiger partial charge in [0.25, 0.3) is 5.91 Å². The highest BCUT2D eigenvalue weighted by Gasteiger charge is 2.53. The van der Waals surface area contributed by atoms with E-state index in [1.165, 1.54) is 23.5 Å². The summed E-state index contributed by atoms with van der Waals surface area (Å²) in [5.41, 5.74) is 9.65. The third-order valence-electron chi connectivity index (χ3n) is 5.60. The molecule has 154 valence electrons. The van der Waals surface area contributed by atoms with Crippen LogP contribution in [0.3, 0.4) is 0 Å². The van der Waals surface area contributed by atoms with Gasteiger partial charge in [-0.25, -0.2) is 10.4 Å². The maximum Gasteiger partial charge on any atom is 0.324 e. The second-order valence-electron chi connectivity index (χ2n) is 7.71. The van der Waals surface area contributed by atoms with Crippen LogP contribution < -0.4 is 11.2 Å². The Balaban J connectivity index is 1.49. The van der Waals surface area contributed by atoms with Crippen LogP contribution in [0, 0.1) is 5.41 Å².